The molecule has 3 N–H and O–H groups in total. The van der Waals surface area contributed by atoms with Crippen LogP contribution in [0.3, 0.4) is 0 Å². The van der Waals surface area contributed by atoms with Crippen molar-refractivity contribution in [3.8, 4) is 28.1 Å². The monoisotopic (exact) mass is 534 g/mol. The predicted molar refractivity (Wildman–Crippen MR) is 156 cm³/mol. The average molecular weight is 535 g/mol. The van der Waals surface area contributed by atoms with Crippen molar-refractivity contribution < 1.29 is 9.53 Å². The predicted octanol–water partition coefficient (Wildman–Crippen LogP) is 6.17. The number of pyridine rings is 1. The average Bonchev–Trinajstić information content (AvgIpc) is 2.92. The number of hydrogen-bond donors (Lipinski definition) is 2. The normalized spacial score (nSPS) is 17.4. The van der Waals surface area contributed by atoms with Crippen LogP contribution in [0.15, 0.2) is 54.6 Å². The van der Waals surface area contributed by atoms with Crippen LogP contribution in [0, 0.1) is 5.92 Å². The van der Waals surface area contributed by atoms with Crippen LogP contribution in [0.2, 0.25) is 5.02 Å². The van der Waals surface area contributed by atoms with Crippen LogP contribution in [0.1, 0.15) is 55.1 Å². The quantitative estimate of drug-likeness (QED) is 0.304. The summed E-state index contributed by atoms with van der Waals surface area (Å²) in [6.45, 7) is 4.16. The molecule has 1 fully saturated rings. The van der Waals surface area contributed by atoms with Crippen LogP contribution in [0.5, 0.6) is 5.75 Å². The van der Waals surface area contributed by atoms with E-state index in [1.807, 2.05) is 68.7 Å². The van der Waals surface area contributed by atoms with E-state index in [9.17, 15) is 4.79 Å². The third-order valence-electron chi connectivity index (χ3n) is 7.22. The van der Waals surface area contributed by atoms with Crippen LogP contribution in [0.4, 0.5) is 0 Å². The SMILES string of the molecule is CC1CCC(NC(=O)c2ccc(-c3ccccc3CN)c(-c3ccc(Cl)c(OCCCN(C)C)c3)n2)CC1. The third-order valence-corrected chi connectivity index (χ3v) is 7.53. The molecule has 7 heteroatoms. The van der Waals surface area contributed by atoms with Gasteiger partial charge in [-0.1, -0.05) is 48.9 Å². The minimum atomic E-state index is -0.140. The van der Waals surface area contributed by atoms with Crippen molar-refractivity contribution in [2.45, 2.75) is 51.6 Å². The summed E-state index contributed by atoms with van der Waals surface area (Å²) in [6, 6.07) is 17.7. The molecule has 6 nitrogen and oxygen atoms in total. The van der Waals surface area contributed by atoms with Crippen molar-refractivity contribution in [2.24, 2.45) is 11.7 Å². The highest BCUT2D eigenvalue weighted by Crippen LogP contribution is 2.36. The summed E-state index contributed by atoms with van der Waals surface area (Å²) in [7, 11) is 4.08. The number of rotatable bonds is 10. The van der Waals surface area contributed by atoms with E-state index in [0.717, 1.165) is 66.8 Å². The van der Waals surface area contributed by atoms with E-state index in [1.165, 1.54) is 0 Å². The number of carbonyl (C=O) groups excluding carboxylic acids is 1. The Labute approximate surface area is 231 Å². The van der Waals surface area contributed by atoms with Crippen molar-refractivity contribution >= 4 is 17.5 Å². The van der Waals surface area contributed by atoms with Gasteiger partial charge < -0.3 is 20.7 Å². The summed E-state index contributed by atoms with van der Waals surface area (Å²) in [5.74, 6) is 1.19. The maximum atomic E-state index is 13.3. The van der Waals surface area contributed by atoms with E-state index in [-0.39, 0.29) is 11.9 Å². The van der Waals surface area contributed by atoms with E-state index >= 15 is 0 Å². The molecule has 0 bridgehead atoms. The first kappa shape index (κ1) is 28.1. The molecular weight excluding hydrogens is 496 g/mol. The number of hydrogen-bond acceptors (Lipinski definition) is 5. The number of carbonyl (C=O) groups is 1. The lowest BCUT2D eigenvalue weighted by molar-refractivity contribution is 0.0918. The number of nitrogens with two attached hydrogens (primary N) is 1. The molecule has 2 aromatic carbocycles. The number of benzene rings is 2. The highest BCUT2D eigenvalue weighted by atomic mass is 35.5. The number of nitrogens with zero attached hydrogens (tertiary/aromatic N) is 2. The number of nitrogens with one attached hydrogen (secondary N) is 1. The van der Waals surface area contributed by atoms with Crippen molar-refractivity contribution in [2.75, 3.05) is 27.2 Å². The maximum Gasteiger partial charge on any atom is 0.270 e. The Morgan fingerprint density at radius 2 is 1.84 bits per heavy atom. The van der Waals surface area contributed by atoms with Gasteiger partial charge in [-0.05, 0) is 87.5 Å². The van der Waals surface area contributed by atoms with Gasteiger partial charge in [0.2, 0.25) is 0 Å². The van der Waals surface area contributed by atoms with Gasteiger partial charge in [-0.15, -0.1) is 0 Å². The van der Waals surface area contributed by atoms with Gasteiger partial charge in [0.1, 0.15) is 11.4 Å². The highest BCUT2D eigenvalue weighted by molar-refractivity contribution is 6.32. The molecule has 4 rings (SSSR count). The number of aromatic nitrogens is 1. The Bertz CT molecular complexity index is 1240. The van der Waals surface area contributed by atoms with Crippen LogP contribution >= 0.6 is 11.6 Å². The molecule has 1 saturated carbocycles. The molecule has 1 heterocycles. The second-order valence-corrected chi connectivity index (χ2v) is 10.9. The molecular formula is C31H39ClN4O2. The van der Waals surface area contributed by atoms with Gasteiger partial charge in [-0.2, -0.15) is 0 Å². The molecule has 0 spiro atoms. The van der Waals surface area contributed by atoms with Gasteiger partial charge >= 0.3 is 0 Å². The molecule has 0 atom stereocenters. The fourth-order valence-corrected chi connectivity index (χ4v) is 5.14. The summed E-state index contributed by atoms with van der Waals surface area (Å²) in [5.41, 5.74) is 10.9. The zero-order chi connectivity index (χ0) is 27.1. The summed E-state index contributed by atoms with van der Waals surface area (Å²) in [5, 5.41) is 3.75. The molecule has 1 amide bonds. The molecule has 38 heavy (non-hydrogen) atoms. The Morgan fingerprint density at radius 3 is 2.58 bits per heavy atom. The molecule has 1 aliphatic carbocycles. The Balaban J connectivity index is 1.69. The number of amides is 1. The van der Waals surface area contributed by atoms with Gasteiger partial charge in [-0.3, -0.25) is 4.79 Å². The van der Waals surface area contributed by atoms with Crippen molar-refractivity contribution in [1.29, 1.82) is 0 Å². The lowest BCUT2D eigenvalue weighted by atomic mass is 9.87. The summed E-state index contributed by atoms with van der Waals surface area (Å²) in [6.07, 6.45) is 5.18. The molecule has 0 radical (unpaired) electrons. The van der Waals surface area contributed by atoms with Crippen LogP contribution in [0.25, 0.3) is 22.4 Å². The second-order valence-electron chi connectivity index (χ2n) is 10.5. The molecule has 0 aliphatic heterocycles. The molecule has 1 aromatic heterocycles. The first-order valence-electron chi connectivity index (χ1n) is 13.5. The minimum Gasteiger partial charge on any atom is -0.492 e. The van der Waals surface area contributed by atoms with Crippen molar-refractivity contribution in [3.05, 3.63) is 70.9 Å². The van der Waals surface area contributed by atoms with Gasteiger partial charge in [0, 0.05) is 30.3 Å². The van der Waals surface area contributed by atoms with E-state index in [4.69, 9.17) is 27.1 Å². The van der Waals surface area contributed by atoms with E-state index < -0.39 is 0 Å². The lowest BCUT2D eigenvalue weighted by Crippen LogP contribution is -2.37. The Kier molecular flexibility index (Phi) is 9.78. The largest absolute Gasteiger partial charge is 0.492 e. The van der Waals surface area contributed by atoms with Crippen molar-refractivity contribution in [3.63, 3.8) is 0 Å². The molecule has 1 aliphatic rings. The van der Waals surface area contributed by atoms with Crippen LogP contribution < -0.4 is 15.8 Å². The lowest BCUT2D eigenvalue weighted by Gasteiger charge is -2.26. The molecule has 202 valence electrons. The summed E-state index contributed by atoms with van der Waals surface area (Å²) >= 11 is 6.49. The summed E-state index contributed by atoms with van der Waals surface area (Å²) < 4.78 is 6.04. The summed E-state index contributed by atoms with van der Waals surface area (Å²) in [4.78, 5) is 20.3. The zero-order valence-electron chi connectivity index (χ0n) is 22.7. The molecule has 0 saturated heterocycles. The van der Waals surface area contributed by atoms with Gasteiger partial charge in [0.25, 0.3) is 5.91 Å². The Morgan fingerprint density at radius 1 is 1.08 bits per heavy atom. The third kappa shape index (κ3) is 7.13. The number of ether oxygens (including phenoxy) is 1. The minimum absolute atomic E-state index is 0.140. The van der Waals surface area contributed by atoms with E-state index in [0.29, 0.717) is 35.3 Å². The fraction of sp³-hybridized carbons (Fsp3) is 0.419. The maximum absolute atomic E-state index is 13.3. The molecule has 0 unspecified atom stereocenters. The van der Waals surface area contributed by atoms with E-state index in [2.05, 4.69) is 17.1 Å². The topological polar surface area (TPSA) is 80.5 Å². The van der Waals surface area contributed by atoms with Gasteiger partial charge in [0.15, 0.2) is 0 Å². The second kappa shape index (κ2) is 13.2. The molecule has 3 aromatic rings. The Hall–Kier alpha value is -2.93. The standard InChI is InChI=1S/C31H39ClN4O2/c1-21-9-12-24(13-10-21)34-31(37)28-16-14-26(25-8-5-4-7-23(25)20-33)30(35-28)22-11-15-27(32)29(19-22)38-18-6-17-36(2)3/h4-5,7-8,11,14-16,19,21,24H,6,9-10,12-13,17-18,20,33H2,1-3H3,(H,34,37). The van der Waals surface area contributed by atoms with Crippen molar-refractivity contribution in [1.82, 2.24) is 15.2 Å². The van der Waals surface area contributed by atoms with Gasteiger partial charge in [0.05, 0.1) is 17.3 Å². The highest BCUT2D eigenvalue weighted by Gasteiger charge is 2.22. The smallest absolute Gasteiger partial charge is 0.270 e. The zero-order valence-corrected chi connectivity index (χ0v) is 23.4. The van der Waals surface area contributed by atoms with Gasteiger partial charge in [-0.25, -0.2) is 4.98 Å². The first-order chi connectivity index (χ1) is 18.4. The van der Waals surface area contributed by atoms with E-state index in [1.54, 1.807) is 0 Å². The fourth-order valence-electron chi connectivity index (χ4n) is 4.97. The first-order valence-corrected chi connectivity index (χ1v) is 13.9. The number of halogens is 1. The van der Waals surface area contributed by atoms with Crippen LogP contribution in [-0.4, -0.2) is 49.1 Å². The van der Waals surface area contributed by atoms with Crippen LogP contribution in [-0.2, 0) is 6.54 Å².